The van der Waals surface area contributed by atoms with E-state index in [0.717, 1.165) is 19.3 Å². The monoisotopic (exact) mass is 279 g/mol. The molecular formula is C14H17NO3S. The minimum Gasteiger partial charge on any atom is -0.338 e. The van der Waals surface area contributed by atoms with Crippen LogP contribution in [0.5, 0.6) is 0 Å². The van der Waals surface area contributed by atoms with Crippen LogP contribution in [0.15, 0.2) is 35.2 Å². The molecule has 2 atom stereocenters. The molecule has 1 aliphatic heterocycles. The highest BCUT2D eigenvalue weighted by Gasteiger charge is 2.44. The summed E-state index contributed by atoms with van der Waals surface area (Å²) in [5.41, 5.74) is 0. The zero-order valence-corrected chi connectivity index (χ0v) is 11.5. The van der Waals surface area contributed by atoms with Gasteiger partial charge in [-0.25, -0.2) is 8.42 Å². The lowest BCUT2D eigenvalue weighted by molar-refractivity contribution is -0.133. The summed E-state index contributed by atoms with van der Waals surface area (Å²) < 4.78 is 24.3. The molecule has 2 fully saturated rings. The summed E-state index contributed by atoms with van der Waals surface area (Å²) in [6.07, 6.45) is 2.93. The molecule has 2 bridgehead atoms. The molecule has 102 valence electrons. The number of rotatable bonds is 4. The van der Waals surface area contributed by atoms with E-state index in [9.17, 15) is 13.2 Å². The Labute approximate surface area is 113 Å². The van der Waals surface area contributed by atoms with Crippen molar-refractivity contribution in [3.05, 3.63) is 30.3 Å². The Morgan fingerprint density at radius 2 is 1.89 bits per heavy atom. The van der Waals surface area contributed by atoms with Gasteiger partial charge in [-0.1, -0.05) is 18.2 Å². The maximum absolute atomic E-state index is 12.2. The number of carbonyl (C=O) groups excluding carboxylic acids is 1. The number of likely N-dealkylation sites (tertiary alicyclic amines) is 1. The summed E-state index contributed by atoms with van der Waals surface area (Å²) in [4.78, 5) is 14.1. The van der Waals surface area contributed by atoms with Gasteiger partial charge in [-0.2, -0.15) is 0 Å². The summed E-state index contributed by atoms with van der Waals surface area (Å²) in [6.45, 7) is 0.331. The van der Waals surface area contributed by atoms with E-state index in [2.05, 4.69) is 0 Å². The van der Waals surface area contributed by atoms with Gasteiger partial charge in [-0.15, -0.1) is 0 Å². The lowest BCUT2D eigenvalue weighted by atomic mass is 10.1. The molecular weight excluding hydrogens is 262 g/mol. The van der Waals surface area contributed by atoms with E-state index in [-0.39, 0.29) is 23.6 Å². The van der Waals surface area contributed by atoms with E-state index in [1.165, 1.54) is 0 Å². The first-order chi connectivity index (χ1) is 9.08. The third-order valence-corrected chi connectivity index (χ3v) is 5.89. The fraction of sp³-hybridized carbons (Fsp3) is 0.500. The van der Waals surface area contributed by atoms with Crippen LogP contribution in [0.3, 0.4) is 0 Å². The molecule has 1 aliphatic carbocycles. The molecule has 1 aromatic rings. The minimum atomic E-state index is -3.28. The summed E-state index contributed by atoms with van der Waals surface area (Å²) in [7, 11) is -3.28. The van der Waals surface area contributed by atoms with Gasteiger partial charge in [-0.3, -0.25) is 4.79 Å². The predicted molar refractivity (Wildman–Crippen MR) is 71.3 cm³/mol. The maximum Gasteiger partial charge on any atom is 0.226 e. The van der Waals surface area contributed by atoms with Gasteiger partial charge in [-0.05, 0) is 31.4 Å². The average Bonchev–Trinajstić information content (AvgIpc) is 2.99. The summed E-state index contributed by atoms with van der Waals surface area (Å²) >= 11 is 0. The van der Waals surface area contributed by atoms with Crippen molar-refractivity contribution >= 4 is 15.7 Å². The Morgan fingerprint density at radius 3 is 2.53 bits per heavy atom. The van der Waals surface area contributed by atoms with E-state index in [0.29, 0.717) is 11.4 Å². The lowest BCUT2D eigenvalue weighted by Crippen LogP contribution is -2.40. The van der Waals surface area contributed by atoms with Crippen molar-refractivity contribution in [3.8, 4) is 0 Å². The Balaban J connectivity index is 1.68. The van der Waals surface area contributed by atoms with E-state index in [1.54, 1.807) is 35.2 Å². The molecule has 1 saturated carbocycles. The zero-order valence-electron chi connectivity index (χ0n) is 10.7. The Bertz CT molecular complexity index is 582. The fourth-order valence-corrected chi connectivity index (χ4v) is 4.38. The number of piperidine rings is 1. The topological polar surface area (TPSA) is 54.5 Å². The molecule has 5 heteroatoms. The molecule has 0 unspecified atom stereocenters. The van der Waals surface area contributed by atoms with Crippen LogP contribution < -0.4 is 0 Å². The van der Waals surface area contributed by atoms with Gasteiger partial charge in [0.1, 0.15) is 0 Å². The third kappa shape index (κ3) is 2.27. The standard InChI is InChI=1S/C14H17NO3S/c16-14-11-6-7-12(10-11)15(14)8-9-19(17,18)13-4-2-1-3-5-13/h1-5,11-12H,6-10H2/t11-,12+/m1/s1. The molecule has 1 amide bonds. The number of carbonyl (C=O) groups is 1. The summed E-state index contributed by atoms with van der Waals surface area (Å²) in [6, 6.07) is 8.72. The first-order valence-corrected chi connectivity index (χ1v) is 8.31. The molecule has 0 spiro atoms. The van der Waals surface area contributed by atoms with Crippen molar-refractivity contribution in [3.63, 3.8) is 0 Å². The molecule has 0 radical (unpaired) electrons. The minimum absolute atomic E-state index is 0.0198. The normalized spacial score (nSPS) is 26.1. The Kier molecular flexibility index (Phi) is 3.09. The van der Waals surface area contributed by atoms with Gasteiger partial charge >= 0.3 is 0 Å². The Morgan fingerprint density at radius 1 is 1.16 bits per heavy atom. The quantitative estimate of drug-likeness (QED) is 0.838. The zero-order chi connectivity index (χ0) is 13.5. The summed E-state index contributed by atoms with van der Waals surface area (Å²) in [5, 5.41) is 0. The van der Waals surface area contributed by atoms with Crippen molar-refractivity contribution in [1.29, 1.82) is 0 Å². The summed E-state index contributed by atoms with van der Waals surface area (Å²) in [5.74, 6) is 0.329. The molecule has 0 N–H and O–H groups in total. The number of benzene rings is 1. The van der Waals surface area contributed by atoms with Crippen LogP contribution in [0.1, 0.15) is 19.3 Å². The highest BCUT2D eigenvalue weighted by molar-refractivity contribution is 7.91. The second kappa shape index (κ2) is 4.63. The molecule has 1 aromatic carbocycles. The smallest absolute Gasteiger partial charge is 0.226 e. The van der Waals surface area contributed by atoms with Crippen LogP contribution in [0.4, 0.5) is 0 Å². The first-order valence-electron chi connectivity index (χ1n) is 6.66. The molecule has 4 nitrogen and oxygen atoms in total. The van der Waals surface area contributed by atoms with Gasteiger partial charge in [0.15, 0.2) is 9.84 Å². The largest absolute Gasteiger partial charge is 0.338 e. The highest BCUT2D eigenvalue weighted by atomic mass is 32.2. The highest BCUT2D eigenvalue weighted by Crippen LogP contribution is 2.38. The van der Waals surface area contributed by atoms with Crippen LogP contribution in [-0.2, 0) is 14.6 Å². The average molecular weight is 279 g/mol. The second-order valence-corrected chi connectivity index (χ2v) is 7.44. The number of amides is 1. The van der Waals surface area contributed by atoms with Gasteiger partial charge in [0.25, 0.3) is 0 Å². The molecule has 1 heterocycles. The van der Waals surface area contributed by atoms with Gasteiger partial charge in [0, 0.05) is 18.5 Å². The first kappa shape index (κ1) is 12.7. The molecule has 0 aromatic heterocycles. The molecule has 19 heavy (non-hydrogen) atoms. The van der Waals surface area contributed by atoms with E-state index < -0.39 is 9.84 Å². The van der Waals surface area contributed by atoms with Crippen molar-refractivity contribution < 1.29 is 13.2 Å². The van der Waals surface area contributed by atoms with Crippen LogP contribution in [0.2, 0.25) is 0 Å². The lowest BCUT2D eigenvalue weighted by Gasteiger charge is -2.26. The molecule has 2 aliphatic rings. The number of sulfone groups is 1. The maximum atomic E-state index is 12.2. The predicted octanol–water partition coefficient (Wildman–Crippen LogP) is 1.47. The number of hydrogen-bond acceptors (Lipinski definition) is 3. The van der Waals surface area contributed by atoms with Crippen molar-refractivity contribution in [1.82, 2.24) is 4.90 Å². The van der Waals surface area contributed by atoms with Crippen LogP contribution >= 0.6 is 0 Å². The van der Waals surface area contributed by atoms with Crippen LogP contribution in [0.25, 0.3) is 0 Å². The number of hydrogen-bond donors (Lipinski definition) is 0. The third-order valence-electron chi connectivity index (χ3n) is 4.18. The Hall–Kier alpha value is -1.36. The van der Waals surface area contributed by atoms with Crippen LogP contribution in [0, 0.1) is 5.92 Å². The second-order valence-electron chi connectivity index (χ2n) is 5.33. The van der Waals surface area contributed by atoms with Crippen molar-refractivity contribution in [2.75, 3.05) is 12.3 Å². The van der Waals surface area contributed by atoms with E-state index in [4.69, 9.17) is 0 Å². The number of fused-ring (bicyclic) bond motifs is 2. The van der Waals surface area contributed by atoms with Crippen molar-refractivity contribution in [2.45, 2.75) is 30.2 Å². The van der Waals surface area contributed by atoms with Crippen molar-refractivity contribution in [2.24, 2.45) is 5.92 Å². The van der Waals surface area contributed by atoms with Crippen LogP contribution in [-0.4, -0.2) is 37.6 Å². The SMILES string of the molecule is O=C1[C@@H]2CC[C@@H](C2)N1CCS(=O)(=O)c1ccccc1. The van der Waals surface area contributed by atoms with Gasteiger partial charge in [0.05, 0.1) is 10.6 Å². The fourth-order valence-electron chi connectivity index (χ4n) is 3.14. The van der Waals surface area contributed by atoms with Gasteiger partial charge in [0.2, 0.25) is 5.91 Å². The number of nitrogens with zero attached hydrogens (tertiary/aromatic N) is 1. The molecule has 1 saturated heterocycles. The van der Waals surface area contributed by atoms with E-state index in [1.807, 2.05) is 0 Å². The molecule has 3 rings (SSSR count). The van der Waals surface area contributed by atoms with Gasteiger partial charge < -0.3 is 4.90 Å². The van der Waals surface area contributed by atoms with E-state index >= 15 is 0 Å².